The normalized spacial score (nSPS) is 20.5. The maximum absolute atomic E-state index is 14.3. The Morgan fingerprint density at radius 3 is 2.08 bits per heavy atom. The van der Waals surface area contributed by atoms with Gasteiger partial charge in [0.2, 0.25) is 0 Å². The zero-order chi connectivity index (χ0) is 19.5. The van der Waals surface area contributed by atoms with Gasteiger partial charge >= 0.3 is 17.8 Å². The van der Waals surface area contributed by atoms with E-state index in [0.29, 0.717) is 17.4 Å². The minimum absolute atomic E-state index is 0.144. The van der Waals surface area contributed by atoms with E-state index in [1.54, 1.807) is 30.3 Å². The number of alkyl halides is 6. The first kappa shape index (κ1) is 18.7. The molecule has 0 atom stereocenters. The van der Waals surface area contributed by atoms with E-state index in [9.17, 15) is 31.1 Å². The van der Waals surface area contributed by atoms with Crippen LogP contribution in [0.4, 0.5) is 26.3 Å². The molecule has 0 bridgehead atoms. The molecule has 0 spiro atoms. The van der Waals surface area contributed by atoms with Crippen molar-refractivity contribution >= 4 is 22.7 Å². The zero-order valence-electron chi connectivity index (χ0n) is 13.5. The third kappa shape index (κ3) is 2.35. The number of aryl methyl sites for hydroxylation is 1. The fourth-order valence-corrected chi connectivity index (χ4v) is 4.03. The molecule has 1 heterocycles. The van der Waals surface area contributed by atoms with Gasteiger partial charge in [-0.15, -0.1) is 11.3 Å². The third-order valence-corrected chi connectivity index (χ3v) is 5.36. The lowest BCUT2D eigenvalue weighted by Gasteiger charge is -2.25. The Kier molecular flexibility index (Phi) is 4.10. The van der Waals surface area contributed by atoms with Crippen LogP contribution in [0.25, 0.3) is 16.0 Å². The summed E-state index contributed by atoms with van der Waals surface area (Å²) < 4.78 is 84.4. The molecule has 0 unspecified atom stereocenters. The second-order valence-corrected chi connectivity index (χ2v) is 7.23. The number of hydrogen-bond acceptors (Lipinski definition) is 2. The highest BCUT2D eigenvalue weighted by molar-refractivity contribution is 7.15. The number of thiophene rings is 1. The number of carbonyl (C=O) groups excluding carboxylic acids is 1. The van der Waals surface area contributed by atoms with Crippen molar-refractivity contribution in [1.29, 1.82) is 0 Å². The lowest BCUT2D eigenvalue weighted by molar-refractivity contribution is -0.259. The Bertz CT molecular complexity index is 911. The van der Waals surface area contributed by atoms with Crippen molar-refractivity contribution in [1.82, 2.24) is 0 Å². The molecule has 2 aromatic rings. The van der Waals surface area contributed by atoms with Crippen LogP contribution in [0, 0.1) is 6.92 Å². The van der Waals surface area contributed by atoms with Crippen molar-refractivity contribution in [3.05, 3.63) is 52.4 Å². The van der Waals surface area contributed by atoms with Gasteiger partial charge in [-0.25, -0.2) is 0 Å². The Balaban J connectivity index is 2.29. The molecule has 26 heavy (non-hydrogen) atoms. The Labute approximate surface area is 149 Å². The van der Waals surface area contributed by atoms with Crippen molar-refractivity contribution in [3.8, 4) is 10.4 Å². The van der Waals surface area contributed by atoms with Gasteiger partial charge in [-0.2, -0.15) is 26.3 Å². The maximum atomic E-state index is 14.3. The number of rotatable bonds is 3. The summed E-state index contributed by atoms with van der Waals surface area (Å²) in [5.74, 6) is -17.6. The molecule has 1 aromatic carbocycles. The minimum Gasteiger partial charge on any atom is -0.295 e. The van der Waals surface area contributed by atoms with Crippen LogP contribution in [0.1, 0.15) is 17.4 Å². The summed E-state index contributed by atoms with van der Waals surface area (Å²) in [5.41, 5.74) is -3.25. The quantitative estimate of drug-likeness (QED) is 0.589. The van der Waals surface area contributed by atoms with Gasteiger partial charge in [-0.1, -0.05) is 30.3 Å². The lowest BCUT2D eigenvalue weighted by Crippen LogP contribution is -2.49. The summed E-state index contributed by atoms with van der Waals surface area (Å²) in [7, 11) is 0. The molecular weight excluding hydrogens is 378 g/mol. The molecule has 1 nitrogen and oxygen atoms in total. The average molecular weight is 390 g/mol. The second kappa shape index (κ2) is 5.70. The van der Waals surface area contributed by atoms with Crippen LogP contribution in [0.15, 0.2) is 42.0 Å². The van der Waals surface area contributed by atoms with Crippen LogP contribution in [-0.2, 0) is 4.79 Å². The van der Waals surface area contributed by atoms with Crippen molar-refractivity contribution < 1.29 is 31.1 Å². The summed E-state index contributed by atoms with van der Waals surface area (Å²) >= 11 is 1.00. The van der Waals surface area contributed by atoms with Crippen LogP contribution >= 0.6 is 11.3 Å². The van der Waals surface area contributed by atoms with Crippen LogP contribution in [0.3, 0.4) is 0 Å². The van der Waals surface area contributed by atoms with Gasteiger partial charge in [0.15, 0.2) is 5.78 Å². The molecule has 0 aliphatic heterocycles. The van der Waals surface area contributed by atoms with E-state index in [4.69, 9.17) is 0 Å². The van der Waals surface area contributed by atoms with E-state index >= 15 is 0 Å². The van der Waals surface area contributed by atoms with Gasteiger partial charge in [0.25, 0.3) is 0 Å². The predicted octanol–water partition coefficient (Wildman–Crippen LogP) is 5.99. The van der Waals surface area contributed by atoms with Gasteiger partial charge in [0.1, 0.15) is 0 Å². The van der Waals surface area contributed by atoms with Crippen LogP contribution in [-0.4, -0.2) is 23.6 Å². The van der Waals surface area contributed by atoms with Gasteiger partial charge in [-0.05, 0) is 31.0 Å². The minimum atomic E-state index is -5.68. The molecule has 138 valence electrons. The van der Waals surface area contributed by atoms with Gasteiger partial charge in [0.05, 0.1) is 5.57 Å². The molecular formula is C18H12F6OS. The van der Waals surface area contributed by atoms with E-state index < -0.39 is 40.3 Å². The van der Waals surface area contributed by atoms with E-state index in [-0.39, 0.29) is 4.88 Å². The molecule has 0 saturated carbocycles. The maximum Gasteiger partial charge on any atom is 0.380 e. The van der Waals surface area contributed by atoms with E-state index in [1.165, 1.54) is 6.92 Å². The van der Waals surface area contributed by atoms with Crippen LogP contribution in [0.2, 0.25) is 0 Å². The third-order valence-electron chi connectivity index (χ3n) is 4.26. The molecule has 0 saturated heterocycles. The first-order chi connectivity index (χ1) is 11.9. The predicted molar refractivity (Wildman–Crippen MR) is 86.9 cm³/mol. The Hall–Kier alpha value is -2.09. The summed E-state index contributed by atoms with van der Waals surface area (Å²) in [5, 5.41) is 0. The van der Waals surface area contributed by atoms with Gasteiger partial charge < -0.3 is 0 Å². The number of ketones is 1. The summed E-state index contributed by atoms with van der Waals surface area (Å²) in [4.78, 5) is 12.2. The Morgan fingerprint density at radius 1 is 0.962 bits per heavy atom. The summed E-state index contributed by atoms with van der Waals surface area (Å²) in [6.07, 6.45) is 0. The number of hydrogen-bond donors (Lipinski definition) is 0. The molecule has 1 aliphatic rings. The molecule has 3 rings (SSSR count). The topological polar surface area (TPSA) is 17.1 Å². The standard InChI is InChI=1S/C18H12F6OS/c1-9(25)14-15(17(21,22)18(23,24)16(14,19)20)12-8-13(26-10(12)2)11-6-4-3-5-7-11/h3-8H,1-2H3. The summed E-state index contributed by atoms with van der Waals surface area (Å²) in [6.45, 7) is 1.95. The molecule has 0 amide bonds. The van der Waals surface area contributed by atoms with Crippen molar-refractivity contribution in [3.63, 3.8) is 0 Å². The van der Waals surface area contributed by atoms with Crippen LogP contribution < -0.4 is 0 Å². The monoisotopic (exact) mass is 390 g/mol. The van der Waals surface area contributed by atoms with E-state index in [2.05, 4.69) is 0 Å². The Morgan fingerprint density at radius 2 is 1.54 bits per heavy atom. The fourth-order valence-electron chi connectivity index (χ4n) is 3.00. The number of Topliss-reactive ketones (excluding diaryl/α,β-unsaturated/α-hetero) is 1. The molecule has 0 N–H and O–H groups in total. The summed E-state index contributed by atoms with van der Waals surface area (Å²) in [6, 6.07) is 9.61. The van der Waals surface area contributed by atoms with Crippen molar-refractivity contribution in [2.24, 2.45) is 0 Å². The SMILES string of the molecule is CC(=O)C1=C(c2cc(-c3ccccc3)sc2C)C(F)(F)C(F)(F)C1(F)F. The van der Waals surface area contributed by atoms with Crippen molar-refractivity contribution in [2.45, 2.75) is 31.6 Å². The smallest absolute Gasteiger partial charge is 0.295 e. The molecule has 8 heteroatoms. The van der Waals surface area contributed by atoms with E-state index in [0.717, 1.165) is 17.4 Å². The van der Waals surface area contributed by atoms with E-state index in [1.807, 2.05) is 0 Å². The first-order valence-corrected chi connectivity index (χ1v) is 8.30. The molecule has 0 radical (unpaired) electrons. The van der Waals surface area contributed by atoms with Gasteiger partial charge in [-0.3, -0.25) is 4.79 Å². The fraction of sp³-hybridized carbons (Fsp3) is 0.278. The largest absolute Gasteiger partial charge is 0.380 e. The number of benzene rings is 1. The number of carbonyl (C=O) groups is 1. The highest BCUT2D eigenvalue weighted by Gasteiger charge is 2.81. The zero-order valence-corrected chi connectivity index (χ0v) is 14.4. The first-order valence-electron chi connectivity index (χ1n) is 7.48. The van der Waals surface area contributed by atoms with Crippen molar-refractivity contribution in [2.75, 3.05) is 0 Å². The average Bonchev–Trinajstić information content (AvgIpc) is 2.97. The second-order valence-electron chi connectivity index (χ2n) is 5.98. The van der Waals surface area contributed by atoms with Gasteiger partial charge in [0, 0.05) is 15.3 Å². The molecule has 1 aromatic heterocycles. The highest BCUT2D eigenvalue weighted by Crippen LogP contribution is 2.62. The van der Waals surface area contributed by atoms with Crippen LogP contribution in [0.5, 0.6) is 0 Å². The highest BCUT2D eigenvalue weighted by atomic mass is 32.1. The number of allylic oxidation sites excluding steroid dienone is 2. The number of halogens is 6. The molecule has 0 fully saturated rings. The lowest BCUT2D eigenvalue weighted by atomic mass is 9.97. The molecule has 1 aliphatic carbocycles.